The minimum atomic E-state index is 0.0940. The number of aromatic nitrogens is 2. The Balaban J connectivity index is 1.46. The maximum atomic E-state index is 6.32. The first-order valence-corrected chi connectivity index (χ1v) is 9.97. The number of pyridine rings is 2. The summed E-state index contributed by atoms with van der Waals surface area (Å²) in [4.78, 5) is 9.17. The zero-order chi connectivity index (χ0) is 17.7. The van der Waals surface area contributed by atoms with Crippen LogP contribution in [0.5, 0.6) is 0 Å². The molecular weight excluding hydrogens is 322 g/mol. The SMILES string of the molecule is c1ccc(CNCC[C@@]2(c3ccccn3)CCOC3(CCCC3)C2)nc1. The Hall–Kier alpha value is -1.78. The van der Waals surface area contributed by atoms with Crippen LogP contribution in [-0.2, 0) is 16.7 Å². The maximum absolute atomic E-state index is 6.32. The van der Waals surface area contributed by atoms with Gasteiger partial charge in [0.25, 0.3) is 0 Å². The molecular formula is C22H29N3O. The van der Waals surface area contributed by atoms with Gasteiger partial charge < -0.3 is 10.1 Å². The van der Waals surface area contributed by atoms with E-state index >= 15 is 0 Å². The molecule has 2 aromatic heterocycles. The molecule has 0 aromatic carbocycles. The van der Waals surface area contributed by atoms with Crippen molar-refractivity contribution in [3.63, 3.8) is 0 Å². The molecule has 1 atom stereocenters. The smallest absolute Gasteiger partial charge is 0.0691 e. The molecule has 4 rings (SSSR count). The second-order valence-corrected chi connectivity index (χ2v) is 7.91. The number of rotatable bonds is 6. The third-order valence-electron chi connectivity index (χ3n) is 6.19. The van der Waals surface area contributed by atoms with Crippen molar-refractivity contribution >= 4 is 0 Å². The Labute approximate surface area is 156 Å². The van der Waals surface area contributed by atoms with Crippen LogP contribution in [0.15, 0.2) is 48.8 Å². The Morgan fingerprint density at radius 1 is 0.962 bits per heavy atom. The normalized spacial score (nSPS) is 24.8. The van der Waals surface area contributed by atoms with E-state index in [-0.39, 0.29) is 11.0 Å². The van der Waals surface area contributed by atoms with Crippen LogP contribution in [0.2, 0.25) is 0 Å². The Kier molecular flexibility index (Phi) is 5.32. The summed E-state index contributed by atoms with van der Waals surface area (Å²) >= 11 is 0. The molecule has 2 aromatic rings. The molecule has 138 valence electrons. The molecule has 0 bridgehead atoms. The summed E-state index contributed by atoms with van der Waals surface area (Å²) in [7, 11) is 0. The lowest BCUT2D eigenvalue weighted by Gasteiger charge is -2.46. The largest absolute Gasteiger partial charge is 0.375 e. The van der Waals surface area contributed by atoms with Gasteiger partial charge in [0.2, 0.25) is 0 Å². The van der Waals surface area contributed by atoms with Crippen LogP contribution in [0, 0.1) is 0 Å². The molecule has 3 heterocycles. The second-order valence-electron chi connectivity index (χ2n) is 7.91. The average Bonchev–Trinajstić information content (AvgIpc) is 3.14. The van der Waals surface area contributed by atoms with Crippen molar-refractivity contribution in [2.24, 2.45) is 0 Å². The van der Waals surface area contributed by atoms with Crippen molar-refractivity contribution in [3.8, 4) is 0 Å². The van der Waals surface area contributed by atoms with Gasteiger partial charge >= 0.3 is 0 Å². The lowest BCUT2D eigenvalue weighted by atomic mass is 9.68. The van der Waals surface area contributed by atoms with E-state index in [1.165, 1.54) is 31.4 Å². The molecule has 0 amide bonds. The first-order valence-electron chi connectivity index (χ1n) is 9.97. The van der Waals surface area contributed by atoms with Gasteiger partial charge in [-0.2, -0.15) is 0 Å². The summed E-state index contributed by atoms with van der Waals surface area (Å²) in [5.41, 5.74) is 2.56. The van der Waals surface area contributed by atoms with E-state index in [1.54, 1.807) is 0 Å². The van der Waals surface area contributed by atoms with Crippen molar-refractivity contribution in [3.05, 3.63) is 60.2 Å². The monoisotopic (exact) mass is 351 g/mol. The van der Waals surface area contributed by atoms with E-state index in [1.807, 2.05) is 30.6 Å². The molecule has 4 heteroatoms. The number of ether oxygens (including phenoxy) is 1. The lowest BCUT2D eigenvalue weighted by molar-refractivity contribution is -0.104. The molecule has 0 radical (unpaired) electrons. The molecule has 1 saturated carbocycles. The fourth-order valence-corrected chi connectivity index (χ4v) is 4.84. The minimum Gasteiger partial charge on any atom is -0.375 e. The number of hydrogen-bond acceptors (Lipinski definition) is 4. The zero-order valence-electron chi connectivity index (χ0n) is 15.5. The molecule has 2 aliphatic rings. The number of hydrogen-bond donors (Lipinski definition) is 1. The van der Waals surface area contributed by atoms with Crippen molar-refractivity contribution in [2.45, 2.75) is 62.5 Å². The molecule has 26 heavy (non-hydrogen) atoms. The van der Waals surface area contributed by atoms with Gasteiger partial charge in [-0.25, -0.2) is 0 Å². The van der Waals surface area contributed by atoms with Crippen LogP contribution in [0.25, 0.3) is 0 Å². The van der Waals surface area contributed by atoms with Gasteiger partial charge in [-0.15, -0.1) is 0 Å². The van der Waals surface area contributed by atoms with E-state index in [9.17, 15) is 0 Å². The molecule has 1 aliphatic carbocycles. The molecule has 1 saturated heterocycles. The van der Waals surface area contributed by atoms with Gasteiger partial charge in [0.1, 0.15) is 0 Å². The third-order valence-corrected chi connectivity index (χ3v) is 6.19. The highest BCUT2D eigenvalue weighted by Gasteiger charge is 2.48. The summed E-state index contributed by atoms with van der Waals surface area (Å²) in [6.45, 7) is 2.65. The van der Waals surface area contributed by atoms with Crippen molar-refractivity contribution in [2.75, 3.05) is 13.2 Å². The molecule has 1 N–H and O–H groups in total. The topological polar surface area (TPSA) is 47.0 Å². The summed E-state index contributed by atoms with van der Waals surface area (Å²) in [6, 6.07) is 12.4. The predicted molar refractivity (Wildman–Crippen MR) is 103 cm³/mol. The second kappa shape index (κ2) is 7.85. The number of nitrogens with one attached hydrogen (secondary N) is 1. The van der Waals surface area contributed by atoms with Crippen molar-refractivity contribution < 1.29 is 4.74 Å². The van der Waals surface area contributed by atoms with Gasteiger partial charge in [0.05, 0.1) is 11.3 Å². The van der Waals surface area contributed by atoms with E-state index in [0.717, 1.165) is 44.7 Å². The zero-order valence-corrected chi connectivity index (χ0v) is 15.5. The van der Waals surface area contributed by atoms with Crippen molar-refractivity contribution in [1.29, 1.82) is 0 Å². The Bertz CT molecular complexity index is 685. The summed E-state index contributed by atoms with van der Waals surface area (Å²) in [5, 5.41) is 3.59. The van der Waals surface area contributed by atoms with Crippen LogP contribution < -0.4 is 5.32 Å². The van der Waals surface area contributed by atoms with E-state index in [2.05, 4.69) is 28.5 Å². The predicted octanol–water partition coefficient (Wildman–Crippen LogP) is 4.02. The Morgan fingerprint density at radius 2 is 1.77 bits per heavy atom. The molecule has 1 spiro atoms. The lowest BCUT2D eigenvalue weighted by Crippen LogP contribution is -2.47. The number of nitrogens with zero attached hydrogens (tertiary/aromatic N) is 2. The average molecular weight is 351 g/mol. The van der Waals surface area contributed by atoms with Crippen LogP contribution in [0.1, 0.15) is 56.3 Å². The van der Waals surface area contributed by atoms with Crippen LogP contribution in [-0.4, -0.2) is 28.7 Å². The van der Waals surface area contributed by atoms with E-state index in [0.29, 0.717) is 0 Å². The minimum absolute atomic E-state index is 0.0940. The molecule has 1 aliphatic heterocycles. The first-order chi connectivity index (χ1) is 12.8. The molecule has 2 fully saturated rings. The highest BCUT2D eigenvalue weighted by molar-refractivity contribution is 5.20. The van der Waals surface area contributed by atoms with E-state index in [4.69, 9.17) is 9.72 Å². The summed E-state index contributed by atoms with van der Waals surface area (Å²) in [5.74, 6) is 0. The first kappa shape index (κ1) is 17.6. The van der Waals surface area contributed by atoms with Crippen LogP contribution in [0.4, 0.5) is 0 Å². The van der Waals surface area contributed by atoms with Crippen LogP contribution >= 0.6 is 0 Å². The Morgan fingerprint density at radius 3 is 2.50 bits per heavy atom. The highest BCUT2D eigenvalue weighted by Crippen LogP contribution is 2.49. The third kappa shape index (κ3) is 3.81. The highest BCUT2D eigenvalue weighted by atomic mass is 16.5. The molecule has 0 unspecified atom stereocenters. The van der Waals surface area contributed by atoms with Gasteiger partial charge in [-0.1, -0.05) is 25.0 Å². The van der Waals surface area contributed by atoms with Gasteiger partial charge in [0, 0.05) is 36.7 Å². The van der Waals surface area contributed by atoms with E-state index < -0.39 is 0 Å². The maximum Gasteiger partial charge on any atom is 0.0691 e. The van der Waals surface area contributed by atoms with Crippen LogP contribution in [0.3, 0.4) is 0 Å². The standard InChI is InChI=1S/C22H29N3O/c1-5-13-24-19(7-1)17-23-15-11-21(20-8-2-6-14-25-20)12-16-26-22(18-21)9-3-4-10-22/h1-2,5-8,13-14,23H,3-4,9-12,15-18H2/t21-/m1/s1. The summed E-state index contributed by atoms with van der Waals surface area (Å²) in [6.07, 6.45) is 12.1. The summed E-state index contributed by atoms with van der Waals surface area (Å²) < 4.78 is 6.32. The van der Waals surface area contributed by atoms with Gasteiger partial charge in [-0.05, 0) is 62.9 Å². The van der Waals surface area contributed by atoms with Gasteiger partial charge in [0.15, 0.2) is 0 Å². The fourth-order valence-electron chi connectivity index (χ4n) is 4.84. The van der Waals surface area contributed by atoms with Crippen molar-refractivity contribution in [1.82, 2.24) is 15.3 Å². The van der Waals surface area contributed by atoms with Gasteiger partial charge in [-0.3, -0.25) is 9.97 Å². The quantitative estimate of drug-likeness (QED) is 0.799. The fraction of sp³-hybridized carbons (Fsp3) is 0.545. The molecule has 4 nitrogen and oxygen atoms in total.